The van der Waals surface area contributed by atoms with Crippen LogP contribution in [0, 0.1) is 11.6 Å². The highest BCUT2D eigenvalue weighted by molar-refractivity contribution is 5.87. The van der Waals surface area contributed by atoms with Crippen LogP contribution >= 0.6 is 0 Å². The molecule has 1 fully saturated rings. The minimum atomic E-state index is -1.23. The maximum Gasteiger partial charge on any atom is 0.337 e. The van der Waals surface area contributed by atoms with E-state index >= 15 is 0 Å². The number of benzene rings is 1. The lowest BCUT2D eigenvalue weighted by Crippen LogP contribution is -2.46. The number of fused-ring (bicyclic) bond motifs is 1. The number of rotatable bonds is 5. The Labute approximate surface area is 176 Å². The summed E-state index contributed by atoms with van der Waals surface area (Å²) in [7, 11) is 0. The number of aromatic nitrogens is 3. The summed E-state index contributed by atoms with van der Waals surface area (Å²) in [5.74, 6) is -2.31. The van der Waals surface area contributed by atoms with Gasteiger partial charge in [-0.15, -0.1) is 0 Å². The number of hydrogen-bond donors (Lipinski definition) is 2. The van der Waals surface area contributed by atoms with Crippen LogP contribution in [0.2, 0.25) is 0 Å². The van der Waals surface area contributed by atoms with Crippen LogP contribution in [0.15, 0.2) is 29.2 Å². The molecule has 162 valence electrons. The normalized spacial score (nSPS) is 14.9. The third-order valence-electron chi connectivity index (χ3n) is 5.43. The number of aromatic carboxylic acids is 1. The Balaban J connectivity index is 1.47. The molecule has 3 aromatic rings. The lowest BCUT2D eigenvalue weighted by Gasteiger charge is -2.35. The first-order valence-electron chi connectivity index (χ1n) is 9.93. The Kier molecular flexibility index (Phi) is 5.64. The molecule has 3 heterocycles. The quantitative estimate of drug-likeness (QED) is 0.641. The van der Waals surface area contributed by atoms with Gasteiger partial charge in [-0.3, -0.25) is 9.69 Å². The molecule has 0 saturated carbocycles. The number of nitrogens with zero attached hydrogens (tertiary/aromatic N) is 4. The Bertz CT molecular complexity index is 1210. The van der Waals surface area contributed by atoms with Crippen molar-refractivity contribution >= 4 is 22.8 Å². The average Bonchev–Trinajstić information content (AvgIpc) is 2.76. The lowest BCUT2D eigenvalue weighted by atomic mass is 10.1. The molecular weight excluding hydrogens is 408 g/mol. The average molecular weight is 429 g/mol. The number of halogens is 2. The van der Waals surface area contributed by atoms with E-state index in [2.05, 4.69) is 15.0 Å². The van der Waals surface area contributed by atoms with Gasteiger partial charge in [-0.1, -0.05) is 13.0 Å². The molecule has 1 aromatic carbocycles. The minimum Gasteiger partial charge on any atom is -0.478 e. The zero-order valence-corrected chi connectivity index (χ0v) is 16.9. The van der Waals surface area contributed by atoms with Crippen molar-refractivity contribution in [3.8, 4) is 0 Å². The van der Waals surface area contributed by atoms with Gasteiger partial charge in [0.05, 0.1) is 11.1 Å². The van der Waals surface area contributed by atoms with E-state index in [0.717, 1.165) is 12.3 Å². The van der Waals surface area contributed by atoms with Crippen molar-refractivity contribution in [2.45, 2.75) is 19.9 Å². The summed E-state index contributed by atoms with van der Waals surface area (Å²) in [4.78, 5) is 37.5. The molecule has 0 unspecified atom stereocenters. The van der Waals surface area contributed by atoms with Gasteiger partial charge >= 0.3 is 5.97 Å². The summed E-state index contributed by atoms with van der Waals surface area (Å²) in [6.45, 7) is 4.16. The minimum absolute atomic E-state index is 0.100. The molecular formula is C21H21F2N5O3. The van der Waals surface area contributed by atoms with Crippen LogP contribution in [0.1, 0.15) is 28.5 Å². The maximum absolute atomic E-state index is 15.0. The van der Waals surface area contributed by atoms with Crippen molar-refractivity contribution in [3.05, 3.63) is 63.2 Å². The third-order valence-corrected chi connectivity index (χ3v) is 5.43. The molecule has 0 atom stereocenters. The Morgan fingerprint density at radius 3 is 2.61 bits per heavy atom. The number of pyridine rings is 1. The highest BCUT2D eigenvalue weighted by Crippen LogP contribution is 2.22. The summed E-state index contributed by atoms with van der Waals surface area (Å²) in [6, 6.07) is 4.32. The first-order valence-corrected chi connectivity index (χ1v) is 9.93. The van der Waals surface area contributed by atoms with Gasteiger partial charge in [0.25, 0.3) is 5.56 Å². The largest absolute Gasteiger partial charge is 0.478 e. The van der Waals surface area contributed by atoms with E-state index in [1.807, 2.05) is 11.8 Å². The summed E-state index contributed by atoms with van der Waals surface area (Å²) in [5, 5.41) is 8.93. The zero-order valence-electron chi connectivity index (χ0n) is 16.9. The molecule has 0 spiro atoms. The second-order valence-electron chi connectivity index (χ2n) is 7.40. The number of anilines is 1. The highest BCUT2D eigenvalue weighted by Gasteiger charge is 2.23. The first kappa shape index (κ1) is 20.9. The topological polar surface area (TPSA) is 102 Å². The molecule has 0 bridgehead atoms. The number of hydrogen-bond acceptors (Lipinski definition) is 6. The van der Waals surface area contributed by atoms with Crippen LogP contribution in [0.25, 0.3) is 11.0 Å². The molecule has 1 saturated heterocycles. The van der Waals surface area contributed by atoms with Gasteiger partial charge in [-0.25, -0.2) is 23.5 Å². The van der Waals surface area contributed by atoms with E-state index in [1.165, 1.54) is 0 Å². The summed E-state index contributed by atoms with van der Waals surface area (Å²) in [6.07, 6.45) is 1.60. The van der Waals surface area contributed by atoms with Gasteiger partial charge < -0.3 is 15.0 Å². The summed E-state index contributed by atoms with van der Waals surface area (Å²) in [5.41, 5.74) is 0.733. The van der Waals surface area contributed by atoms with Crippen LogP contribution in [0.4, 0.5) is 14.6 Å². The van der Waals surface area contributed by atoms with Gasteiger partial charge in [0.1, 0.15) is 11.2 Å². The van der Waals surface area contributed by atoms with E-state index in [1.54, 1.807) is 17.0 Å². The number of aromatic amines is 1. The van der Waals surface area contributed by atoms with Crippen molar-refractivity contribution in [2.75, 3.05) is 31.1 Å². The molecule has 0 amide bonds. The van der Waals surface area contributed by atoms with Crippen LogP contribution in [0.3, 0.4) is 0 Å². The smallest absolute Gasteiger partial charge is 0.337 e. The number of nitrogens with one attached hydrogen (secondary N) is 1. The molecule has 1 aliphatic rings. The summed E-state index contributed by atoms with van der Waals surface area (Å²) < 4.78 is 29.2. The number of aryl methyl sites for hydroxylation is 1. The molecule has 2 N–H and O–H groups in total. The van der Waals surface area contributed by atoms with E-state index < -0.39 is 17.6 Å². The zero-order chi connectivity index (χ0) is 22.1. The number of carboxylic acid groups (broad SMARTS) is 1. The van der Waals surface area contributed by atoms with Crippen LogP contribution in [0.5, 0.6) is 0 Å². The Morgan fingerprint density at radius 2 is 1.97 bits per heavy atom. The van der Waals surface area contributed by atoms with E-state index in [4.69, 9.17) is 5.11 Å². The molecule has 0 radical (unpaired) electrons. The number of H-pyrrole nitrogens is 1. The predicted octanol–water partition coefficient (Wildman–Crippen LogP) is 2.18. The third kappa shape index (κ3) is 4.11. The van der Waals surface area contributed by atoms with Gasteiger partial charge in [0.2, 0.25) is 0 Å². The first-order chi connectivity index (χ1) is 14.9. The number of piperazine rings is 1. The number of carbonyl (C=O) groups is 1. The molecule has 31 heavy (non-hydrogen) atoms. The SMILES string of the molecule is CCc1nc2ccc(CN3CCN(c4ncc(C(=O)O)cc4F)CC3)c(F)c2[nH]c1=O. The van der Waals surface area contributed by atoms with Gasteiger partial charge in [0, 0.05) is 44.5 Å². The van der Waals surface area contributed by atoms with E-state index in [9.17, 15) is 18.4 Å². The Hall–Kier alpha value is -3.40. The Morgan fingerprint density at radius 1 is 1.23 bits per heavy atom. The fraction of sp³-hybridized carbons (Fsp3) is 0.333. The fourth-order valence-electron chi connectivity index (χ4n) is 3.70. The standard InChI is InChI=1S/C21H21F2N5O3/c1-2-15-20(29)26-18-16(25-15)4-3-12(17(18)23)11-27-5-7-28(8-6-27)19-14(22)9-13(10-24-19)21(30)31/h3-4,9-10H,2,5-8,11H2,1H3,(H,26,29)(H,30,31). The van der Waals surface area contributed by atoms with E-state index in [0.29, 0.717) is 55.9 Å². The van der Waals surface area contributed by atoms with Gasteiger partial charge in [-0.05, 0) is 18.6 Å². The van der Waals surface area contributed by atoms with Crippen LogP contribution in [-0.4, -0.2) is 57.1 Å². The molecule has 2 aromatic heterocycles. The van der Waals surface area contributed by atoms with Crippen LogP contribution < -0.4 is 10.5 Å². The van der Waals surface area contributed by atoms with Gasteiger partial charge in [-0.2, -0.15) is 0 Å². The maximum atomic E-state index is 15.0. The highest BCUT2D eigenvalue weighted by atomic mass is 19.1. The molecule has 10 heteroatoms. The number of carboxylic acids is 1. The predicted molar refractivity (Wildman–Crippen MR) is 110 cm³/mol. The summed E-state index contributed by atoms with van der Waals surface area (Å²) >= 11 is 0. The van der Waals surface area contributed by atoms with Crippen molar-refractivity contribution < 1.29 is 18.7 Å². The van der Waals surface area contributed by atoms with Crippen molar-refractivity contribution in [1.82, 2.24) is 19.9 Å². The molecule has 4 rings (SSSR count). The second-order valence-corrected chi connectivity index (χ2v) is 7.40. The monoisotopic (exact) mass is 429 g/mol. The van der Waals surface area contributed by atoms with Crippen LogP contribution in [-0.2, 0) is 13.0 Å². The van der Waals surface area contributed by atoms with Crippen molar-refractivity contribution in [1.29, 1.82) is 0 Å². The molecule has 8 nitrogen and oxygen atoms in total. The lowest BCUT2D eigenvalue weighted by molar-refractivity contribution is 0.0696. The molecule has 1 aliphatic heterocycles. The van der Waals surface area contributed by atoms with Crippen molar-refractivity contribution in [2.24, 2.45) is 0 Å². The fourth-order valence-corrected chi connectivity index (χ4v) is 3.70. The van der Waals surface area contributed by atoms with Crippen molar-refractivity contribution in [3.63, 3.8) is 0 Å². The van der Waals surface area contributed by atoms with Gasteiger partial charge in [0.15, 0.2) is 17.5 Å². The molecule has 0 aliphatic carbocycles. The van der Waals surface area contributed by atoms with E-state index in [-0.39, 0.29) is 22.5 Å². The second kappa shape index (κ2) is 8.38.